The first-order valence-electron chi connectivity index (χ1n) is 4.19. The van der Waals surface area contributed by atoms with Crippen molar-refractivity contribution in [2.45, 2.75) is 13.8 Å². The molecule has 0 heterocycles. The van der Waals surface area contributed by atoms with E-state index in [0.717, 1.165) is 22.6 Å². The van der Waals surface area contributed by atoms with Crippen LogP contribution in [-0.2, 0) is 0 Å². The van der Waals surface area contributed by atoms with Crippen LogP contribution in [-0.4, -0.2) is 18.9 Å². The molecule has 0 aromatic heterocycles. The van der Waals surface area contributed by atoms with Crippen molar-refractivity contribution in [2.75, 3.05) is 19.2 Å². The molecule has 0 aliphatic heterocycles. The summed E-state index contributed by atoms with van der Waals surface area (Å²) in [5, 5.41) is 11.6. The Bertz CT molecular complexity index is 297. The summed E-state index contributed by atoms with van der Waals surface area (Å²) < 4.78 is 5.17. The molecule has 2 N–H and O–H groups in total. The monoisotopic (exact) mass is 181 g/mol. The zero-order chi connectivity index (χ0) is 9.84. The van der Waals surface area contributed by atoms with Crippen LogP contribution in [0, 0.1) is 13.8 Å². The Hall–Kier alpha value is -1.22. The second kappa shape index (κ2) is 4.14. The fourth-order valence-electron chi connectivity index (χ4n) is 1.29. The lowest BCUT2D eigenvalue weighted by Crippen LogP contribution is -2.02. The number of benzene rings is 1. The second-order valence-electron chi connectivity index (χ2n) is 2.90. The molecule has 0 radical (unpaired) electrons. The Balaban J connectivity index is 3.07. The summed E-state index contributed by atoms with van der Waals surface area (Å²) in [6.45, 7) is 3.94. The topological polar surface area (TPSA) is 41.5 Å². The Labute approximate surface area is 78.3 Å². The Morgan fingerprint density at radius 2 is 2.00 bits per heavy atom. The van der Waals surface area contributed by atoms with Gasteiger partial charge in [-0.15, -0.1) is 0 Å². The van der Waals surface area contributed by atoms with Crippen LogP contribution in [0.3, 0.4) is 0 Å². The average molecular weight is 181 g/mol. The van der Waals surface area contributed by atoms with Gasteiger partial charge in [0.05, 0.1) is 7.11 Å². The van der Waals surface area contributed by atoms with Crippen molar-refractivity contribution in [1.82, 2.24) is 0 Å². The molecular formula is C10H15NO2. The van der Waals surface area contributed by atoms with Crippen molar-refractivity contribution < 1.29 is 9.84 Å². The van der Waals surface area contributed by atoms with Crippen LogP contribution in [0.2, 0.25) is 0 Å². The van der Waals surface area contributed by atoms with Crippen LogP contribution in [0.5, 0.6) is 5.75 Å². The Kier molecular flexibility index (Phi) is 3.14. The molecule has 0 spiro atoms. The molecule has 0 bridgehead atoms. The standard InChI is InChI=1S/C10H15NO2/c1-7-8(2)10(13-3)5-4-9(7)11-6-12/h4-5,11-12H,6H2,1-3H3. The number of ether oxygens (including phenoxy) is 1. The van der Waals surface area contributed by atoms with Crippen molar-refractivity contribution >= 4 is 5.69 Å². The molecule has 0 unspecified atom stereocenters. The van der Waals surface area contributed by atoms with Crippen LogP contribution in [0.15, 0.2) is 12.1 Å². The summed E-state index contributed by atoms with van der Waals surface area (Å²) >= 11 is 0. The average Bonchev–Trinajstić information content (AvgIpc) is 2.14. The van der Waals surface area contributed by atoms with Gasteiger partial charge in [0, 0.05) is 5.69 Å². The third-order valence-electron chi connectivity index (χ3n) is 2.23. The zero-order valence-corrected chi connectivity index (χ0v) is 8.22. The third-order valence-corrected chi connectivity index (χ3v) is 2.23. The van der Waals surface area contributed by atoms with Crippen LogP contribution in [0.25, 0.3) is 0 Å². The van der Waals surface area contributed by atoms with Gasteiger partial charge in [-0.1, -0.05) is 0 Å². The van der Waals surface area contributed by atoms with E-state index in [1.165, 1.54) is 0 Å². The molecule has 0 atom stereocenters. The smallest absolute Gasteiger partial charge is 0.122 e. The van der Waals surface area contributed by atoms with Gasteiger partial charge in [0.25, 0.3) is 0 Å². The predicted octanol–water partition coefficient (Wildman–Crippen LogP) is 1.67. The SMILES string of the molecule is COc1ccc(NCO)c(C)c1C. The highest BCUT2D eigenvalue weighted by Crippen LogP contribution is 2.26. The van der Waals surface area contributed by atoms with Gasteiger partial charge < -0.3 is 15.2 Å². The molecule has 3 heteroatoms. The summed E-state index contributed by atoms with van der Waals surface area (Å²) in [5.74, 6) is 0.876. The number of nitrogens with one attached hydrogen (secondary N) is 1. The Morgan fingerprint density at radius 1 is 1.31 bits per heavy atom. The number of rotatable bonds is 3. The number of hydrogen-bond donors (Lipinski definition) is 2. The van der Waals surface area contributed by atoms with Crippen LogP contribution in [0.4, 0.5) is 5.69 Å². The molecule has 0 amide bonds. The van der Waals surface area contributed by atoms with E-state index in [0.29, 0.717) is 0 Å². The first-order valence-corrected chi connectivity index (χ1v) is 4.19. The lowest BCUT2D eigenvalue weighted by molar-refractivity contribution is 0.325. The maximum atomic E-state index is 8.72. The van der Waals surface area contributed by atoms with Crippen LogP contribution >= 0.6 is 0 Å². The molecule has 13 heavy (non-hydrogen) atoms. The molecule has 1 aromatic rings. The molecule has 0 saturated heterocycles. The van der Waals surface area contributed by atoms with Crippen molar-refractivity contribution in [1.29, 1.82) is 0 Å². The summed E-state index contributed by atoms with van der Waals surface area (Å²) in [5.41, 5.74) is 3.15. The zero-order valence-electron chi connectivity index (χ0n) is 8.22. The highest BCUT2D eigenvalue weighted by atomic mass is 16.5. The normalized spacial score (nSPS) is 9.85. The molecule has 1 aromatic carbocycles. The summed E-state index contributed by atoms with van der Waals surface area (Å²) in [4.78, 5) is 0. The highest BCUT2D eigenvalue weighted by Gasteiger charge is 2.04. The molecule has 0 fully saturated rings. The van der Waals surface area contributed by atoms with E-state index in [1.54, 1.807) is 7.11 Å². The van der Waals surface area contributed by atoms with E-state index in [9.17, 15) is 0 Å². The van der Waals surface area contributed by atoms with Crippen LogP contribution in [0.1, 0.15) is 11.1 Å². The quantitative estimate of drug-likeness (QED) is 0.697. The van der Waals surface area contributed by atoms with E-state index < -0.39 is 0 Å². The van der Waals surface area contributed by atoms with E-state index in [2.05, 4.69) is 5.32 Å². The van der Waals surface area contributed by atoms with Crippen molar-refractivity contribution in [2.24, 2.45) is 0 Å². The van der Waals surface area contributed by atoms with Gasteiger partial charge in [0.1, 0.15) is 12.5 Å². The molecule has 3 nitrogen and oxygen atoms in total. The molecule has 1 rings (SSSR count). The summed E-state index contributed by atoms with van der Waals surface area (Å²) in [7, 11) is 1.65. The Morgan fingerprint density at radius 3 is 2.54 bits per heavy atom. The first-order chi connectivity index (χ1) is 6.20. The minimum atomic E-state index is -0.0490. The van der Waals surface area contributed by atoms with Gasteiger partial charge in [0.2, 0.25) is 0 Å². The molecular weight excluding hydrogens is 166 g/mol. The van der Waals surface area contributed by atoms with Crippen LogP contribution < -0.4 is 10.1 Å². The maximum Gasteiger partial charge on any atom is 0.122 e. The number of methoxy groups -OCH3 is 1. The van der Waals surface area contributed by atoms with Crippen molar-refractivity contribution in [3.8, 4) is 5.75 Å². The fraction of sp³-hybridized carbons (Fsp3) is 0.400. The second-order valence-corrected chi connectivity index (χ2v) is 2.90. The number of aliphatic hydroxyl groups is 1. The van der Waals surface area contributed by atoms with Gasteiger partial charge >= 0.3 is 0 Å². The van der Waals surface area contributed by atoms with Gasteiger partial charge in [0.15, 0.2) is 0 Å². The molecule has 0 aliphatic carbocycles. The van der Waals surface area contributed by atoms with Gasteiger partial charge in [-0.2, -0.15) is 0 Å². The van der Waals surface area contributed by atoms with E-state index in [-0.39, 0.29) is 6.73 Å². The van der Waals surface area contributed by atoms with Crippen molar-refractivity contribution in [3.05, 3.63) is 23.3 Å². The molecule has 0 saturated carbocycles. The third kappa shape index (κ3) is 1.92. The molecule has 72 valence electrons. The lowest BCUT2D eigenvalue weighted by Gasteiger charge is -2.12. The van der Waals surface area contributed by atoms with Crippen molar-refractivity contribution in [3.63, 3.8) is 0 Å². The lowest BCUT2D eigenvalue weighted by atomic mass is 10.1. The minimum Gasteiger partial charge on any atom is -0.496 e. The summed E-state index contributed by atoms with van der Waals surface area (Å²) in [6.07, 6.45) is 0. The first kappa shape index (κ1) is 9.86. The van der Waals surface area contributed by atoms with E-state index in [4.69, 9.17) is 9.84 Å². The molecule has 0 aliphatic rings. The minimum absolute atomic E-state index is 0.0490. The largest absolute Gasteiger partial charge is 0.496 e. The maximum absolute atomic E-state index is 8.72. The highest BCUT2D eigenvalue weighted by molar-refractivity contribution is 5.57. The number of hydrogen-bond acceptors (Lipinski definition) is 3. The number of anilines is 1. The van der Waals surface area contributed by atoms with Gasteiger partial charge in [-0.25, -0.2) is 0 Å². The van der Waals surface area contributed by atoms with Gasteiger partial charge in [-0.05, 0) is 37.1 Å². The fourth-order valence-corrected chi connectivity index (χ4v) is 1.29. The van der Waals surface area contributed by atoms with E-state index >= 15 is 0 Å². The number of aliphatic hydroxyl groups excluding tert-OH is 1. The van der Waals surface area contributed by atoms with E-state index in [1.807, 2.05) is 26.0 Å². The summed E-state index contributed by atoms with van der Waals surface area (Å²) in [6, 6.07) is 3.79. The van der Waals surface area contributed by atoms with Gasteiger partial charge in [-0.3, -0.25) is 0 Å². The predicted molar refractivity (Wildman–Crippen MR) is 53.2 cm³/mol.